The van der Waals surface area contributed by atoms with E-state index in [1.807, 2.05) is 42.5 Å². The summed E-state index contributed by atoms with van der Waals surface area (Å²) in [5.74, 6) is -0.0254. The SMILES string of the molecule is COc1ccc(NCc2ccc(CC(=O)O)cc2)cc1Br. The Bertz CT molecular complexity index is 626. The number of carboxylic acid groups (broad SMARTS) is 1. The van der Waals surface area contributed by atoms with Crippen LogP contribution in [0.5, 0.6) is 5.75 Å². The minimum Gasteiger partial charge on any atom is -0.496 e. The van der Waals surface area contributed by atoms with Gasteiger partial charge in [-0.05, 0) is 45.3 Å². The monoisotopic (exact) mass is 349 g/mol. The van der Waals surface area contributed by atoms with Gasteiger partial charge in [-0.2, -0.15) is 0 Å². The van der Waals surface area contributed by atoms with Crippen molar-refractivity contribution in [3.8, 4) is 5.75 Å². The van der Waals surface area contributed by atoms with Crippen molar-refractivity contribution in [1.82, 2.24) is 0 Å². The second kappa shape index (κ2) is 7.13. The molecule has 21 heavy (non-hydrogen) atoms. The minimum atomic E-state index is -0.816. The summed E-state index contributed by atoms with van der Waals surface area (Å²) in [6.45, 7) is 0.673. The third kappa shape index (κ3) is 4.49. The number of ether oxygens (including phenoxy) is 1. The molecule has 0 bridgehead atoms. The number of benzene rings is 2. The van der Waals surface area contributed by atoms with Gasteiger partial charge in [0.25, 0.3) is 0 Å². The molecule has 0 heterocycles. The zero-order valence-electron chi connectivity index (χ0n) is 11.6. The molecule has 0 spiro atoms. The van der Waals surface area contributed by atoms with Crippen LogP contribution in [-0.4, -0.2) is 18.2 Å². The smallest absolute Gasteiger partial charge is 0.307 e. The molecule has 0 atom stereocenters. The number of hydrogen-bond acceptors (Lipinski definition) is 3. The molecule has 0 saturated carbocycles. The van der Waals surface area contributed by atoms with Crippen molar-refractivity contribution in [2.24, 2.45) is 0 Å². The van der Waals surface area contributed by atoms with Crippen LogP contribution in [0, 0.1) is 0 Å². The van der Waals surface area contributed by atoms with E-state index in [0.717, 1.165) is 27.0 Å². The van der Waals surface area contributed by atoms with Crippen LogP contribution >= 0.6 is 15.9 Å². The second-order valence-corrected chi connectivity index (χ2v) is 5.44. The van der Waals surface area contributed by atoms with Crippen molar-refractivity contribution in [2.75, 3.05) is 12.4 Å². The Balaban J connectivity index is 1.96. The van der Waals surface area contributed by atoms with E-state index in [9.17, 15) is 4.79 Å². The molecule has 5 heteroatoms. The van der Waals surface area contributed by atoms with E-state index in [0.29, 0.717) is 6.54 Å². The minimum absolute atomic E-state index is 0.0547. The van der Waals surface area contributed by atoms with Crippen molar-refractivity contribution < 1.29 is 14.6 Å². The molecule has 0 saturated heterocycles. The first kappa shape index (κ1) is 15.4. The lowest BCUT2D eigenvalue weighted by atomic mass is 10.1. The molecule has 2 aromatic rings. The predicted molar refractivity (Wildman–Crippen MR) is 85.8 cm³/mol. The molecule has 0 unspecified atom stereocenters. The molecule has 0 aliphatic heterocycles. The van der Waals surface area contributed by atoms with E-state index in [-0.39, 0.29) is 6.42 Å². The number of carbonyl (C=O) groups is 1. The maximum absolute atomic E-state index is 10.6. The van der Waals surface area contributed by atoms with Crippen LogP contribution in [0.3, 0.4) is 0 Å². The average molecular weight is 350 g/mol. The third-order valence-electron chi connectivity index (χ3n) is 3.03. The molecule has 0 aliphatic carbocycles. The molecule has 0 radical (unpaired) electrons. The molecule has 2 N–H and O–H groups in total. The van der Waals surface area contributed by atoms with Crippen LogP contribution in [0.2, 0.25) is 0 Å². The predicted octanol–water partition coefficient (Wildman–Crippen LogP) is 3.70. The van der Waals surface area contributed by atoms with Gasteiger partial charge in [-0.15, -0.1) is 0 Å². The normalized spacial score (nSPS) is 10.2. The molecular formula is C16H16BrNO3. The molecular weight excluding hydrogens is 334 g/mol. The highest BCUT2D eigenvalue weighted by Gasteiger charge is 2.02. The van der Waals surface area contributed by atoms with Gasteiger partial charge in [0.05, 0.1) is 18.0 Å². The van der Waals surface area contributed by atoms with Crippen LogP contribution in [0.4, 0.5) is 5.69 Å². The van der Waals surface area contributed by atoms with Gasteiger partial charge in [-0.3, -0.25) is 4.79 Å². The fraction of sp³-hybridized carbons (Fsp3) is 0.188. The van der Waals surface area contributed by atoms with Gasteiger partial charge in [-0.1, -0.05) is 24.3 Å². The number of aliphatic carboxylic acids is 1. The molecule has 0 amide bonds. The molecule has 0 aromatic heterocycles. The zero-order valence-corrected chi connectivity index (χ0v) is 13.2. The number of carboxylic acids is 1. The van der Waals surface area contributed by atoms with Crippen LogP contribution in [0.15, 0.2) is 46.9 Å². The summed E-state index contributed by atoms with van der Waals surface area (Å²) in [6.07, 6.45) is 0.0547. The van der Waals surface area contributed by atoms with E-state index in [1.54, 1.807) is 7.11 Å². The Labute approximate surface area is 131 Å². The summed E-state index contributed by atoms with van der Waals surface area (Å²) in [4.78, 5) is 10.6. The Morgan fingerprint density at radius 1 is 1.19 bits per heavy atom. The van der Waals surface area contributed by atoms with Crippen molar-refractivity contribution in [2.45, 2.75) is 13.0 Å². The molecule has 4 nitrogen and oxygen atoms in total. The Hall–Kier alpha value is -2.01. The summed E-state index contributed by atoms with van der Waals surface area (Å²) < 4.78 is 6.08. The lowest BCUT2D eigenvalue weighted by Gasteiger charge is -2.09. The van der Waals surface area contributed by atoms with E-state index >= 15 is 0 Å². The molecule has 2 aromatic carbocycles. The topological polar surface area (TPSA) is 58.6 Å². The summed E-state index contributed by atoms with van der Waals surface area (Å²) in [6, 6.07) is 13.3. The fourth-order valence-corrected chi connectivity index (χ4v) is 2.47. The molecule has 0 aliphatic rings. The van der Waals surface area contributed by atoms with Crippen molar-refractivity contribution >= 4 is 27.6 Å². The maximum atomic E-state index is 10.6. The first-order valence-corrected chi connectivity index (χ1v) is 7.25. The van der Waals surface area contributed by atoms with Gasteiger partial charge in [-0.25, -0.2) is 0 Å². The van der Waals surface area contributed by atoms with Crippen LogP contribution in [-0.2, 0) is 17.8 Å². The Morgan fingerprint density at radius 2 is 1.86 bits per heavy atom. The zero-order chi connectivity index (χ0) is 15.2. The largest absolute Gasteiger partial charge is 0.496 e. The van der Waals surface area contributed by atoms with E-state index in [2.05, 4.69) is 21.2 Å². The Morgan fingerprint density at radius 3 is 2.43 bits per heavy atom. The lowest BCUT2D eigenvalue weighted by molar-refractivity contribution is -0.136. The highest BCUT2D eigenvalue weighted by Crippen LogP contribution is 2.27. The van der Waals surface area contributed by atoms with Gasteiger partial charge in [0.2, 0.25) is 0 Å². The van der Waals surface area contributed by atoms with Crippen LogP contribution < -0.4 is 10.1 Å². The fourth-order valence-electron chi connectivity index (χ4n) is 1.93. The number of halogens is 1. The highest BCUT2D eigenvalue weighted by atomic mass is 79.9. The van der Waals surface area contributed by atoms with Crippen molar-refractivity contribution in [1.29, 1.82) is 0 Å². The van der Waals surface area contributed by atoms with E-state index in [1.165, 1.54) is 0 Å². The number of methoxy groups -OCH3 is 1. The summed E-state index contributed by atoms with van der Waals surface area (Å²) in [7, 11) is 1.63. The number of nitrogens with one attached hydrogen (secondary N) is 1. The lowest BCUT2D eigenvalue weighted by Crippen LogP contribution is -2.02. The number of hydrogen-bond donors (Lipinski definition) is 2. The second-order valence-electron chi connectivity index (χ2n) is 4.59. The van der Waals surface area contributed by atoms with Gasteiger partial charge in [0.15, 0.2) is 0 Å². The van der Waals surface area contributed by atoms with Gasteiger partial charge >= 0.3 is 5.97 Å². The standard InChI is InChI=1S/C16H16BrNO3/c1-21-15-7-6-13(9-14(15)17)18-10-12-4-2-11(3-5-12)8-16(19)20/h2-7,9,18H,8,10H2,1H3,(H,19,20). The highest BCUT2D eigenvalue weighted by molar-refractivity contribution is 9.10. The first-order chi connectivity index (χ1) is 10.1. The van der Waals surface area contributed by atoms with Gasteiger partial charge < -0.3 is 15.2 Å². The maximum Gasteiger partial charge on any atom is 0.307 e. The third-order valence-corrected chi connectivity index (χ3v) is 3.65. The van der Waals surface area contributed by atoms with Crippen LogP contribution in [0.25, 0.3) is 0 Å². The Kier molecular flexibility index (Phi) is 5.22. The van der Waals surface area contributed by atoms with Crippen molar-refractivity contribution in [3.63, 3.8) is 0 Å². The van der Waals surface area contributed by atoms with E-state index < -0.39 is 5.97 Å². The molecule has 0 fully saturated rings. The summed E-state index contributed by atoms with van der Waals surface area (Å²) >= 11 is 3.45. The first-order valence-electron chi connectivity index (χ1n) is 6.45. The average Bonchev–Trinajstić information content (AvgIpc) is 2.46. The van der Waals surface area contributed by atoms with Crippen molar-refractivity contribution in [3.05, 3.63) is 58.1 Å². The van der Waals surface area contributed by atoms with E-state index in [4.69, 9.17) is 9.84 Å². The van der Waals surface area contributed by atoms with Gasteiger partial charge in [0.1, 0.15) is 5.75 Å². The van der Waals surface area contributed by atoms with Gasteiger partial charge in [0, 0.05) is 12.2 Å². The number of rotatable bonds is 6. The summed E-state index contributed by atoms with van der Waals surface area (Å²) in [5, 5.41) is 12.0. The molecule has 110 valence electrons. The quantitative estimate of drug-likeness (QED) is 0.834. The summed E-state index contributed by atoms with van der Waals surface area (Å²) in [5.41, 5.74) is 2.88. The number of anilines is 1. The van der Waals surface area contributed by atoms with Crippen LogP contribution in [0.1, 0.15) is 11.1 Å². The molecule has 2 rings (SSSR count).